The number of pyridine rings is 1. The lowest BCUT2D eigenvalue weighted by atomic mass is 10.1. The van der Waals surface area contributed by atoms with Gasteiger partial charge < -0.3 is 9.47 Å². The first-order valence-corrected chi connectivity index (χ1v) is 12.6. The molecule has 4 rings (SSSR count). The molecule has 1 aromatic carbocycles. The van der Waals surface area contributed by atoms with Crippen LogP contribution in [-0.2, 0) is 27.8 Å². The molecule has 0 radical (unpaired) electrons. The number of sulfonamides is 1. The van der Waals surface area contributed by atoms with Crippen LogP contribution in [-0.4, -0.2) is 37.5 Å². The van der Waals surface area contributed by atoms with E-state index in [4.69, 9.17) is 21.1 Å². The van der Waals surface area contributed by atoms with Crippen LogP contribution in [0.4, 0.5) is 0 Å². The Bertz CT molecular complexity index is 1100. The molecular weight excluding hydrogens is 456 g/mol. The van der Waals surface area contributed by atoms with Gasteiger partial charge in [-0.05, 0) is 48.4 Å². The molecule has 164 valence electrons. The second-order valence-corrected chi connectivity index (χ2v) is 11.2. The van der Waals surface area contributed by atoms with Crippen LogP contribution in [0.2, 0.25) is 4.34 Å². The normalized spacial score (nSPS) is 16.6. The van der Waals surface area contributed by atoms with Crippen molar-refractivity contribution in [3.63, 3.8) is 0 Å². The topological polar surface area (TPSA) is 68.7 Å². The zero-order valence-corrected chi connectivity index (χ0v) is 19.2. The average Bonchev–Trinajstić information content (AvgIpc) is 3.45. The second kappa shape index (κ2) is 10.1. The van der Waals surface area contributed by atoms with Gasteiger partial charge in [0.2, 0.25) is 0 Å². The van der Waals surface area contributed by atoms with Gasteiger partial charge in [-0.2, -0.15) is 4.31 Å². The van der Waals surface area contributed by atoms with Crippen LogP contribution in [0.1, 0.15) is 17.7 Å². The first-order chi connectivity index (χ1) is 15.0. The van der Waals surface area contributed by atoms with E-state index in [1.54, 1.807) is 18.3 Å². The van der Waals surface area contributed by atoms with Crippen molar-refractivity contribution < 1.29 is 17.9 Å². The molecule has 0 amide bonds. The second-order valence-electron chi connectivity index (χ2n) is 7.34. The molecule has 1 atom stereocenters. The highest BCUT2D eigenvalue weighted by molar-refractivity contribution is 7.91. The van der Waals surface area contributed by atoms with Gasteiger partial charge in [0.05, 0.1) is 29.8 Å². The van der Waals surface area contributed by atoms with Gasteiger partial charge in [-0.25, -0.2) is 8.42 Å². The molecular formula is C22H23ClN2O4S2. The van der Waals surface area contributed by atoms with Crippen molar-refractivity contribution in [3.8, 4) is 5.75 Å². The smallest absolute Gasteiger partial charge is 0.253 e. The first kappa shape index (κ1) is 22.2. The summed E-state index contributed by atoms with van der Waals surface area (Å²) < 4.78 is 40.1. The van der Waals surface area contributed by atoms with Gasteiger partial charge in [0.25, 0.3) is 10.0 Å². The molecule has 0 spiro atoms. The molecule has 1 fully saturated rings. The molecule has 3 aromatic rings. The van der Waals surface area contributed by atoms with Crippen LogP contribution >= 0.6 is 22.9 Å². The molecule has 1 saturated heterocycles. The Morgan fingerprint density at radius 3 is 2.77 bits per heavy atom. The van der Waals surface area contributed by atoms with Crippen molar-refractivity contribution in [2.75, 3.05) is 19.8 Å². The van der Waals surface area contributed by atoms with Crippen LogP contribution in [0.5, 0.6) is 5.75 Å². The van der Waals surface area contributed by atoms with E-state index in [-0.39, 0.29) is 17.3 Å². The minimum Gasteiger partial charge on any atom is -0.493 e. The number of hydrogen-bond donors (Lipinski definition) is 0. The van der Waals surface area contributed by atoms with Gasteiger partial charge in [0.1, 0.15) is 9.96 Å². The third-order valence-electron chi connectivity index (χ3n) is 4.97. The number of rotatable bonds is 9. The molecule has 0 aliphatic carbocycles. The maximum Gasteiger partial charge on any atom is 0.253 e. The van der Waals surface area contributed by atoms with Crippen LogP contribution in [0.3, 0.4) is 0 Å². The summed E-state index contributed by atoms with van der Waals surface area (Å²) in [6.45, 7) is 2.44. The average molecular weight is 479 g/mol. The molecule has 2 aromatic heterocycles. The highest BCUT2D eigenvalue weighted by Crippen LogP contribution is 2.30. The van der Waals surface area contributed by atoms with Crippen molar-refractivity contribution in [3.05, 3.63) is 76.4 Å². The summed E-state index contributed by atoms with van der Waals surface area (Å²) in [5.41, 5.74) is 1.50. The van der Waals surface area contributed by atoms with Gasteiger partial charge in [-0.3, -0.25) is 4.98 Å². The quantitative estimate of drug-likeness (QED) is 0.449. The summed E-state index contributed by atoms with van der Waals surface area (Å²) in [5.74, 6) is 1.12. The van der Waals surface area contributed by atoms with Gasteiger partial charge in [0.15, 0.2) is 0 Å². The first-order valence-electron chi connectivity index (χ1n) is 9.95. The summed E-state index contributed by atoms with van der Waals surface area (Å²) in [4.78, 5) is 4.30. The van der Waals surface area contributed by atoms with Crippen LogP contribution < -0.4 is 4.74 Å². The zero-order chi connectivity index (χ0) is 21.7. The van der Waals surface area contributed by atoms with Gasteiger partial charge in [0, 0.05) is 25.3 Å². The molecule has 6 nitrogen and oxygen atoms in total. The van der Waals surface area contributed by atoms with E-state index in [1.165, 1.54) is 10.4 Å². The molecule has 0 unspecified atom stereocenters. The Labute approximate surface area is 191 Å². The highest BCUT2D eigenvalue weighted by atomic mass is 35.5. The zero-order valence-electron chi connectivity index (χ0n) is 16.8. The Hall–Kier alpha value is -1.97. The number of halogens is 1. The maximum absolute atomic E-state index is 13.3. The Morgan fingerprint density at radius 1 is 1.16 bits per heavy atom. The van der Waals surface area contributed by atoms with Crippen molar-refractivity contribution >= 4 is 33.0 Å². The SMILES string of the molecule is O=S(=O)(c1ccc(Cl)s1)N(Cc1cccc(OC[C@H]2CCOC2)c1)Cc1ccccn1. The monoisotopic (exact) mass is 478 g/mol. The summed E-state index contributed by atoms with van der Waals surface area (Å²) in [7, 11) is -3.74. The standard InChI is InChI=1S/C22H23ClN2O4S2/c23-21-7-8-22(30-21)31(26,27)25(14-19-5-1-2-10-24-19)13-17-4-3-6-20(12-17)29-16-18-9-11-28-15-18/h1-8,10,12,18H,9,11,13-16H2/t18-/m0/s1. The Kier molecular flexibility index (Phi) is 7.24. The number of thiophene rings is 1. The van der Waals surface area contributed by atoms with E-state index in [2.05, 4.69) is 4.98 Å². The lowest BCUT2D eigenvalue weighted by Crippen LogP contribution is -2.30. The third kappa shape index (κ3) is 5.84. The molecule has 3 heterocycles. The van der Waals surface area contributed by atoms with Crippen LogP contribution in [0, 0.1) is 5.92 Å². The lowest BCUT2D eigenvalue weighted by molar-refractivity contribution is 0.167. The minimum absolute atomic E-state index is 0.156. The molecule has 9 heteroatoms. The maximum atomic E-state index is 13.3. The van der Waals surface area contributed by atoms with Crippen molar-refractivity contribution in [1.29, 1.82) is 0 Å². The predicted octanol–water partition coefficient (Wildman–Crippen LogP) is 4.60. The fourth-order valence-electron chi connectivity index (χ4n) is 3.33. The predicted molar refractivity (Wildman–Crippen MR) is 121 cm³/mol. The minimum atomic E-state index is -3.74. The fraction of sp³-hybridized carbons (Fsp3) is 0.318. The largest absolute Gasteiger partial charge is 0.493 e. The van der Waals surface area contributed by atoms with Crippen LogP contribution in [0.15, 0.2) is 65.0 Å². The number of benzene rings is 1. The fourth-order valence-corrected chi connectivity index (χ4v) is 6.36. The summed E-state index contributed by atoms with van der Waals surface area (Å²) >= 11 is 7.05. The van der Waals surface area contributed by atoms with Gasteiger partial charge in [-0.15, -0.1) is 11.3 Å². The Morgan fingerprint density at radius 2 is 2.06 bits per heavy atom. The number of hydrogen-bond acceptors (Lipinski definition) is 6. The van der Waals surface area contributed by atoms with E-state index in [0.717, 1.165) is 42.3 Å². The number of ether oxygens (including phenoxy) is 2. The molecule has 1 aliphatic heterocycles. The molecule has 31 heavy (non-hydrogen) atoms. The summed E-state index contributed by atoms with van der Waals surface area (Å²) in [6.07, 6.45) is 2.66. The van der Waals surface area contributed by atoms with Crippen LogP contribution in [0.25, 0.3) is 0 Å². The number of nitrogens with zero attached hydrogens (tertiary/aromatic N) is 2. The Balaban J connectivity index is 1.55. The number of aromatic nitrogens is 1. The van der Waals surface area contributed by atoms with E-state index in [9.17, 15) is 8.42 Å². The van der Waals surface area contributed by atoms with E-state index >= 15 is 0 Å². The molecule has 0 bridgehead atoms. The van der Waals surface area contributed by atoms with Crippen molar-refractivity contribution in [1.82, 2.24) is 9.29 Å². The van der Waals surface area contributed by atoms with Crippen molar-refractivity contribution in [2.45, 2.75) is 23.7 Å². The molecule has 1 aliphatic rings. The summed E-state index contributed by atoms with van der Waals surface area (Å²) in [5, 5.41) is 0. The lowest BCUT2D eigenvalue weighted by Gasteiger charge is -2.21. The highest BCUT2D eigenvalue weighted by Gasteiger charge is 2.27. The van der Waals surface area contributed by atoms with E-state index in [1.807, 2.05) is 36.4 Å². The van der Waals surface area contributed by atoms with Crippen molar-refractivity contribution in [2.24, 2.45) is 5.92 Å². The molecule has 0 saturated carbocycles. The van der Waals surface area contributed by atoms with Gasteiger partial charge >= 0.3 is 0 Å². The van der Waals surface area contributed by atoms with E-state index in [0.29, 0.717) is 22.6 Å². The van der Waals surface area contributed by atoms with Gasteiger partial charge in [-0.1, -0.05) is 29.8 Å². The summed E-state index contributed by atoms with van der Waals surface area (Å²) in [6, 6.07) is 16.1. The third-order valence-corrected chi connectivity index (χ3v) is 8.46. The molecule has 0 N–H and O–H groups in total. The van der Waals surface area contributed by atoms with E-state index < -0.39 is 10.0 Å².